The number of methoxy groups -OCH3 is 1. The molecule has 1 aromatic heterocycles. The molecule has 16 heavy (non-hydrogen) atoms. The van der Waals surface area contributed by atoms with Gasteiger partial charge in [-0.2, -0.15) is 0 Å². The van der Waals surface area contributed by atoms with Gasteiger partial charge in [0.15, 0.2) is 5.82 Å². The van der Waals surface area contributed by atoms with E-state index in [1.807, 2.05) is 13.0 Å². The molecular formula is C12H21N3O. The van der Waals surface area contributed by atoms with Gasteiger partial charge in [0, 0.05) is 19.9 Å². The van der Waals surface area contributed by atoms with Gasteiger partial charge in [-0.25, -0.2) is 9.97 Å². The van der Waals surface area contributed by atoms with Crippen LogP contribution in [-0.4, -0.2) is 23.6 Å². The molecule has 0 unspecified atom stereocenters. The summed E-state index contributed by atoms with van der Waals surface area (Å²) in [5.41, 5.74) is -0.356. The molecule has 0 saturated carbocycles. The van der Waals surface area contributed by atoms with Crippen LogP contribution in [0.4, 0.5) is 5.82 Å². The van der Waals surface area contributed by atoms with E-state index >= 15 is 0 Å². The second kappa shape index (κ2) is 5.80. The van der Waals surface area contributed by atoms with Gasteiger partial charge in [0.25, 0.3) is 0 Å². The lowest BCUT2D eigenvalue weighted by molar-refractivity contribution is -0.0290. The Labute approximate surface area is 97.5 Å². The highest BCUT2D eigenvalue weighted by Crippen LogP contribution is 2.29. The van der Waals surface area contributed by atoms with Gasteiger partial charge in [-0.05, 0) is 25.8 Å². The SMILES string of the molecule is CCNc1ccnc(C(CC)(CC)OC)n1. The number of nitrogens with zero attached hydrogens (tertiary/aromatic N) is 2. The van der Waals surface area contributed by atoms with E-state index in [4.69, 9.17) is 4.74 Å². The Morgan fingerprint density at radius 1 is 1.31 bits per heavy atom. The number of nitrogens with one attached hydrogen (secondary N) is 1. The number of ether oxygens (including phenoxy) is 1. The zero-order valence-electron chi connectivity index (χ0n) is 10.6. The molecule has 90 valence electrons. The lowest BCUT2D eigenvalue weighted by Gasteiger charge is -2.28. The number of rotatable bonds is 6. The van der Waals surface area contributed by atoms with Crippen molar-refractivity contribution in [3.63, 3.8) is 0 Å². The fourth-order valence-corrected chi connectivity index (χ4v) is 1.80. The minimum absolute atomic E-state index is 0.356. The normalized spacial score (nSPS) is 11.5. The molecule has 0 aliphatic heterocycles. The average Bonchev–Trinajstić information content (AvgIpc) is 2.33. The minimum Gasteiger partial charge on any atom is -0.370 e. The third kappa shape index (κ3) is 2.50. The summed E-state index contributed by atoms with van der Waals surface area (Å²) in [6.45, 7) is 7.09. The summed E-state index contributed by atoms with van der Waals surface area (Å²) in [5.74, 6) is 1.62. The van der Waals surface area contributed by atoms with Crippen molar-refractivity contribution < 1.29 is 4.74 Å². The van der Waals surface area contributed by atoms with Crippen molar-refractivity contribution in [2.75, 3.05) is 19.0 Å². The summed E-state index contributed by atoms with van der Waals surface area (Å²) in [6, 6.07) is 1.87. The number of aromatic nitrogens is 2. The molecule has 1 N–H and O–H groups in total. The Balaban J connectivity index is 3.04. The summed E-state index contributed by atoms with van der Waals surface area (Å²) >= 11 is 0. The molecule has 4 heteroatoms. The van der Waals surface area contributed by atoms with Crippen LogP contribution >= 0.6 is 0 Å². The van der Waals surface area contributed by atoms with Crippen molar-refractivity contribution in [3.8, 4) is 0 Å². The van der Waals surface area contributed by atoms with Gasteiger partial charge in [0.2, 0.25) is 0 Å². The van der Waals surface area contributed by atoms with Crippen LogP contribution < -0.4 is 5.32 Å². The van der Waals surface area contributed by atoms with Gasteiger partial charge in [0.1, 0.15) is 11.4 Å². The number of anilines is 1. The van der Waals surface area contributed by atoms with E-state index in [9.17, 15) is 0 Å². The first-order valence-electron chi connectivity index (χ1n) is 5.85. The first kappa shape index (κ1) is 12.9. The largest absolute Gasteiger partial charge is 0.370 e. The maximum absolute atomic E-state index is 5.60. The van der Waals surface area contributed by atoms with Crippen molar-refractivity contribution in [3.05, 3.63) is 18.1 Å². The summed E-state index contributed by atoms with van der Waals surface area (Å²) in [4.78, 5) is 8.83. The van der Waals surface area contributed by atoms with Crippen LogP contribution in [0.2, 0.25) is 0 Å². The lowest BCUT2D eigenvalue weighted by atomic mass is 9.96. The van der Waals surface area contributed by atoms with Gasteiger partial charge in [-0.1, -0.05) is 13.8 Å². The Hall–Kier alpha value is -1.16. The molecule has 0 radical (unpaired) electrons. The highest BCUT2D eigenvalue weighted by Gasteiger charge is 2.31. The topological polar surface area (TPSA) is 47.0 Å². The average molecular weight is 223 g/mol. The molecule has 4 nitrogen and oxygen atoms in total. The van der Waals surface area contributed by atoms with Crippen LogP contribution in [0.1, 0.15) is 39.4 Å². The lowest BCUT2D eigenvalue weighted by Crippen LogP contribution is -2.29. The van der Waals surface area contributed by atoms with E-state index in [0.717, 1.165) is 31.0 Å². The Morgan fingerprint density at radius 2 is 2.00 bits per heavy atom. The first-order valence-corrected chi connectivity index (χ1v) is 5.85. The molecule has 0 spiro atoms. The Bertz CT molecular complexity index is 316. The zero-order valence-corrected chi connectivity index (χ0v) is 10.6. The smallest absolute Gasteiger partial charge is 0.162 e. The quantitative estimate of drug-likeness (QED) is 0.805. The van der Waals surface area contributed by atoms with Crippen LogP contribution in [0.15, 0.2) is 12.3 Å². The van der Waals surface area contributed by atoms with E-state index in [1.165, 1.54) is 0 Å². The highest BCUT2D eigenvalue weighted by atomic mass is 16.5. The Morgan fingerprint density at radius 3 is 2.50 bits per heavy atom. The maximum Gasteiger partial charge on any atom is 0.162 e. The van der Waals surface area contributed by atoms with Crippen LogP contribution in [-0.2, 0) is 10.3 Å². The fraction of sp³-hybridized carbons (Fsp3) is 0.667. The standard InChI is InChI=1S/C12H21N3O/c1-5-12(6-2,16-4)11-14-9-8-10(15-11)13-7-3/h8-9H,5-7H2,1-4H3,(H,13,14,15). The first-order chi connectivity index (χ1) is 7.72. The van der Waals surface area contributed by atoms with Crippen LogP contribution in [0.25, 0.3) is 0 Å². The Kier molecular flexibility index (Phi) is 4.68. The van der Waals surface area contributed by atoms with Crippen molar-refractivity contribution >= 4 is 5.82 Å². The summed E-state index contributed by atoms with van der Waals surface area (Å²) in [7, 11) is 1.72. The molecule has 0 amide bonds. The maximum atomic E-state index is 5.60. The molecule has 0 saturated heterocycles. The van der Waals surface area contributed by atoms with E-state index in [0.29, 0.717) is 0 Å². The molecule has 0 fully saturated rings. The predicted octanol–water partition coefficient (Wildman–Crippen LogP) is 2.57. The second-order valence-corrected chi connectivity index (χ2v) is 3.70. The molecule has 0 aliphatic carbocycles. The molecule has 1 heterocycles. The summed E-state index contributed by atoms with van der Waals surface area (Å²) < 4.78 is 5.60. The molecule has 0 atom stereocenters. The molecule has 0 bridgehead atoms. The summed E-state index contributed by atoms with van der Waals surface area (Å²) in [5, 5.41) is 3.19. The fourth-order valence-electron chi connectivity index (χ4n) is 1.80. The second-order valence-electron chi connectivity index (χ2n) is 3.70. The van der Waals surface area contributed by atoms with Crippen LogP contribution in [0.3, 0.4) is 0 Å². The number of hydrogen-bond acceptors (Lipinski definition) is 4. The molecule has 0 aromatic carbocycles. The number of hydrogen-bond donors (Lipinski definition) is 1. The predicted molar refractivity (Wildman–Crippen MR) is 65.5 cm³/mol. The van der Waals surface area contributed by atoms with Crippen molar-refractivity contribution in [2.24, 2.45) is 0 Å². The molecule has 1 aromatic rings. The van der Waals surface area contributed by atoms with E-state index in [1.54, 1.807) is 13.3 Å². The van der Waals surface area contributed by atoms with Crippen LogP contribution in [0.5, 0.6) is 0 Å². The van der Waals surface area contributed by atoms with Gasteiger partial charge in [-0.3, -0.25) is 0 Å². The van der Waals surface area contributed by atoms with Crippen molar-refractivity contribution in [1.82, 2.24) is 9.97 Å². The van der Waals surface area contributed by atoms with Gasteiger partial charge < -0.3 is 10.1 Å². The van der Waals surface area contributed by atoms with Gasteiger partial charge >= 0.3 is 0 Å². The highest BCUT2D eigenvalue weighted by molar-refractivity contribution is 5.33. The molecule has 1 rings (SSSR count). The molecule has 0 aliphatic rings. The van der Waals surface area contributed by atoms with Crippen molar-refractivity contribution in [2.45, 2.75) is 39.2 Å². The van der Waals surface area contributed by atoms with E-state index in [-0.39, 0.29) is 5.60 Å². The van der Waals surface area contributed by atoms with Crippen molar-refractivity contribution in [1.29, 1.82) is 0 Å². The minimum atomic E-state index is -0.356. The van der Waals surface area contributed by atoms with E-state index < -0.39 is 0 Å². The third-order valence-corrected chi connectivity index (χ3v) is 2.95. The van der Waals surface area contributed by atoms with Gasteiger partial charge in [-0.15, -0.1) is 0 Å². The monoisotopic (exact) mass is 223 g/mol. The van der Waals surface area contributed by atoms with E-state index in [2.05, 4.69) is 29.1 Å². The third-order valence-electron chi connectivity index (χ3n) is 2.95. The van der Waals surface area contributed by atoms with Crippen LogP contribution in [0, 0.1) is 0 Å². The summed E-state index contributed by atoms with van der Waals surface area (Å²) in [6.07, 6.45) is 3.52. The van der Waals surface area contributed by atoms with Gasteiger partial charge in [0.05, 0.1) is 0 Å². The zero-order chi connectivity index (χ0) is 12.0. The molecular weight excluding hydrogens is 202 g/mol.